The zero-order chi connectivity index (χ0) is 24.4. The summed E-state index contributed by atoms with van der Waals surface area (Å²) in [5, 5.41) is 3.35. The Labute approximate surface area is 206 Å². The van der Waals surface area contributed by atoms with Crippen LogP contribution in [0.25, 0.3) is 5.57 Å². The molecule has 0 unspecified atom stereocenters. The van der Waals surface area contributed by atoms with E-state index in [1.165, 1.54) is 12.3 Å². The lowest BCUT2D eigenvalue weighted by Gasteiger charge is -2.37. The number of aliphatic imine (C=N–C) groups is 1. The summed E-state index contributed by atoms with van der Waals surface area (Å²) in [5.74, 6) is 0.530. The monoisotopic (exact) mass is 476 g/mol. The molecule has 6 nitrogen and oxygen atoms in total. The van der Waals surface area contributed by atoms with Gasteiger partial charge in [-0.25, -0.2) is 4.39 Å². The Morgan fingerprint density at radius 2 is 1.91 bits per heavy atom. The lowest BCUT2D eigenvalue weighted by Crippen LogP contribution is -2.43. The van der Waals surface area contributed by atoms with Crippen LogP contribution in [0.3, 0.4) is 0 Å². The van der Waals surface area contributed by atoms with Crippen LogP contribution in [0.2, 0.25) is 0 Å². The van der Waals surface area contributed by atoms with Crippen molar-refractivity contribution in [3.63, 3.8) is 0 Å². The van der Waals surface area contributed by atoms with Gasteiger partial charge in [-0.2, -0.15) is 0 Å². The van der Waals surface area contributed by atoms with Crippen LogP contribution in [0.15, 0.2) is 47.6 Å². The van der Waals surface area contributed by atoms with Gasteiger partial charge in [-0.05, 0) is 82.8 Å². The highest BCUT2D eigenvalue weighted by atomic mass is 19.1. The Bertz CT molecular complexity index is 1150. The van der Waals surface area contributed by atoms with Crippen molar-refractivity contribution in [1.29, 1.82) is 0 Å². The third-order valence-corrected chi connectivity index (χ3v) is 7.18. The van der Waals surface area contributed by atoms with Crippen LogP contribution in [0.5, 0.6) is 11.5 Å². The van der Waals surface area contributed by atoms with Crippen molar-refractivity contribution < 1.29 is 13.9 Å². The van der Waals surface area contributed by atoms with Gasteiger partial charge in [0.1, 0.15) is 5.75 Å². The minimum Gasteiger partial charge on any atom is -0.453 e. The van der Waals surface area contributed by atoms with Crippen LogP contribution in [0.1, 0.15) is 50.2 Å². The van der Waals surface area contributed by atoms with E-state index >= 15 is 0 Å². The Balaban J connectivity index is 1.57. The van der Waals surface area contributed by atoms with Gasteiger partial charge in [0.05, 0.1) is 11.7 Å². The SMILES string of the molecule is C[C@H]1CCc2c(ccc(C(C=NC3CCNCC3)=CN)c2Oc2ccccc2F)N1C(=O)C1CC1. The minimum absolute atomic E-state index is 0.105. The smallest absolute Gasteiger partial charge is 0.230 e. The van der Waals surface area contributed by atoms with Crippen molar-refractivity contribution in [2.24, 2.45) is 16.6 Å². The van der Waals surface area contributed by atoms with Gasteiger partial charge in [0, 0.05) is 41.1 Å². The fraction of sp³-hybridized carbons (Fsp3) is 0.429. The first-order chi connectivity index (χ1) is 17.1. The number of ether oxygens (including phenoxy) is 1. The number of nitrogens with zero attached hydrogens (tertiary/aromatic N) is 2. The number of carbonyl (C=O) groups is 1. The van der Waals surface area contributed by atoms with E-state index < -0.39 is 5.82 Å². The van der Waals surface area contributed by atoms with Gasteiger partial charge >= 0.3 is 0 Å². The predicted molar refractivity (Wildman–Crippen MR) is 137 cm³/mol. The minimum atomic E-state index is -0.437. The van der Waals surface area contributed by atoms with Crippen LogP contribution in [0, 0.1) is 11.7 Å². The normalized spacial score (nSPS) is 21.3. The maximum absolute atomic E-state index is 14.6. The van der Waals surface area contributed by atoms with E-state index in [1.54, 1.807) is 18.2 Å². The molecule has 0 aromatic heterocycles. The number of nitrogens with two attached hydrogens (primary N) is 1. The van der Waals surface area contributed by atoms with Crippen molar-refractivity contribution in [2.45, 2.75) is 57.5 Å². The summed E-state index contributed by atoms with van der Waals surface area (Å²) in [6, 6.07) is 10.6. The lowest BCUT2D eigenvalue weighted by atomic mass is 9.91. The lowest BCUT2D eigenvalue weighted by molar-refractivity contribution is -0.120. The summed E-state index contributed by atoms with van der Waals surface area (Å²) >= 11 is 0. The number of halogens is 1. The van der Waals surface area contributed by atoms with E-state index in [-0.39, 0.29) is 29.7 Å². The molecule has 2 aromatic carbocycles. The molecule has 3 aliphatic rings. The Morgan fingerprint density at radius 3 is 2.63 bits per heavy atom. The van der Waals surface area contributed by atoms with Crippen LogP contribution >= 0.6 is 0 Å². The molecule has 1 aliphatic carbocycles. The van der Waals surface area contributed by atoms with Gasteiger partial charge in [-0.3, -0.25) is 9.79 Å². The largest absolute Gasteiger partial charge is 0.453 e. The van der Waals surface area contributed by atoms with E-state index in [1.807, 2.05) is 23.2 Å². The number of hydrogen-bond acceptors (Lipinski definition) is 5. The van der Waals surface area contributed by atoms with Crippen molar-refractivity contribution >= 4 is 23.4 Å². The molecule has 3 N–H and O–H groups in total. The van der Waals surface area contributed by atoms with Gasteiger partial charge in [0.2, 0.25) is 5.91 Å². The number of para-hydroxylation sites is 1. The van der Waals surface area contributed by atoms with E-state index in [9.17, 15) is 9.18 Å². The summed E-state index contributed by atoms with van der Waals surface area (Å²) in [6.45, 7) is 3.99. The number of piperidine rings is 1. The molecule has 2 heterocycles. The first kappa shape index (κ1) is 23.5. The Kier molecular flexibility index (Phi) is 6.86. The highest BCUT2D eigenvalue weighted by Crippen LogP contribution is 2.45. The number of allylic oxidation sites excluding steroid dienone is 1. The van der Waals surface area contributed by atoms with Crippen LogP contribution < -0.4 is 20.7 Å². The maximum atomic E-state index is 14.6. The number of hydrogen-bond donors (Lipinski definition) is 2. The predicted octanol–water partition coefficient (Wildman–Crippen LogP) is 4.82. The van der Waals surface area contributed by atoms with Crippen molar-refractivity contribution in [2.75, 3.05) is 18.0 Å². The molecule has 5 rings (SSSR count). The van der Waals surface area contributed by atoms with Gasteiger partial charge < -0.3 is 20.7 Å². The van der Waals surface area contributed by atoms with Crippen molar-refractivity contribution in [3.05, 3.63) is 59.5 Å². The van der Waals surface area contributed by atoms with Crippen LogP contribution in [-0.4, -0.2) is 37.3 Å². The quantitative estimate of drug-likeness (QED) is 0.586. The molecule has 2 aromatic rings. The van der Waals surface area contributed by atoms with E-state index in [4.69, 9.17) is 15.5 Å². The molecule has 0 bridgehead atoms. The second-order valence-electron chi connectivity index (χ2n) is 9.72. The number of anilines is 1. The van der Waals surface area contributed by atoms with Crippen LogP contribution in [0.4, 0.5) is 10.1 Å². The first-order valence-electron chi connectivity index (χ1n) is 12.6. The first-order valence-corrected chi connectivity index (χ1v) is 12.6. The zero-order valence-electron chi connectivity index (χ0n) is 20.2. The van der Waals surface area contributed by atoms with Gasteiger partial charge in [0.25, 0.3) is 0 Å². The topological polar surface area (TPSA) is 80.0 Å². The van der Waals surface area contributed by atoms with Gasteiger partial charge in [-0.1, -0.05) is 12.1 Å². The Morgan fingerprint density at radius 1 is 1.14 bits per heavy atom. The molecule has 0 spiro atoms. The molecule has 35 heavy (non-hydrogen) atoms. The Hall–Kier alpha value is -3.19. The molecular weight excluding hydrogens is 443 g/mol. The third-order valence-electron chi connectivity index (χ3n) is 7.18. The van der Waals surface area contributed by atoms with E-state index in [2.05, 4.69) is 12.2 Å². The average molecular weight is 477 g/mol. The van der Waals surface area contributed by atoms with E-state index in [0.717, 1.165) is 74.0 Å². The highest BCUT2D eigenvalue weighted by molar-refractivity contribution is 6.11. The number of nitrogens with one attached hydrogen (secondary N) is 1. The number of rotatable bonds is 6. The molecule has 1 atom stereocenters. The molecule has 2 aliphatic heterocycles. The van der Waals surface area contributed by atoms with E-state index in [0.29, 0.717) is 5.75 Å². The standard InChI is InChI=1S/C28H33FN4O2/c1-18-6-9-23-25(33(18)28(34)19-7-8-19)11-10-22(27(23)35-26-5-3-2-4-24(26)29)20(16-30)17-32-21-12-14-31-15-13-21/h2-5,10-11,16-19,21,31H,6-9,12-15,30H2,1H3/t18-/m0/s1. The highest BCUT2D eigenvalue weighted by Gasteiger charge is 2.39. The number of fused-ring (bicyclic) bond motifs is 1. The average Bonchev–Trinajstić information content (AvgIpc) is 3.72. The molecule has 1 saturated carbocycles. The molecule has 2 fully saturated rings. The summed E-state index contributed by atoms with van der Waals surface area (Å²) in [7, 11) is 0. The van der Waals surface area contributed by atoms with Crippen molar-refractivity contribution in [3.8, 4) is 11.5 Å². The van der Waals surface area contributed by atoms with Crippen LogP contribution in [-0.2, 0) is 11.2 Å². The fourth-order valence-electron chi connectivity index (χ4n) is 4.99. The summed E-state index contributed by atoms with van der Waals surface area (Å²) in [4.78, 5) is 19.9. The molecule has 1 saturated heterocycles. The maximum Gasteiger partial charge on any atom is 0.230 e. The van der Waals surface area contributed by atoms with Gasteiger partial charge in [0.15, 0.2) is 11.6 Å². The third kappa shape index (κ3) is 4.96. The molecule has 7 heteroatoms. The number of carbonyl (C=O) groups excluding carboxylic acids is 1. The molecule has 184 valence electrons. The second kappa shape index (κ2) is 10.2. The number of amides is 1. The summed E-state index contributed by atoms with van der Waals surface area (Å²) in [5.41, 5.74) is 9.30. The molecule has 0 radical (unpaired) electrons. The summed E-state index contributed by atoms with van der Waals surface area (Å²) in [6.07, 6.45) is 8.73. The molecular formula is C28H33FN4O2. The zero-order valence-corrected chi connectivity index (χ0v) is 20.2. The second-order valence-corrected chi connectivity index (χ2v) is 9.72. The van der Waals surface area contributed by atoms with Crippen molar-refractivity contribution in [1.82, 2.24) is 5.32 Å². The van der Waals surface area contributed by atoms with Gasteiger partial charge in [-0.15, -0.1) is 0 Å². The summed E-state index contributed by atoms with van der Waals surface area (Å²) < 4.78 is 20.9. The number of benzene rings is 2. The molecule has 1 amide bonds. The fourth-order valence-corrected chi connectivity index (χ4v) is 4.99.